The molecule has 21 heavy (non-hydrogen) atoms. The highest BCUT2D eigenvalue weighted by Crippen LogP contribution is 2.25. The number of benzene rings is 2. The number of ether oxygens (including phenoxy) is 1. The van der Waals surface area contributed by atoms with Gasteiger partial charge in [0.15, 0.2) is 0 Å². The van der Waals surface area contributed by atoms with Crippen molar-refractivity contribution in [2.45, 2.75) is 6.42 Å². The first kappa shape index (κ1) is 13.2. The highest BCUT2D eigenvalue weighted by molar-refractivity contribution is 5.87. The van der Waals surface area contributed by atoms with Gasteiger partial charge in [0.1, 0.15) is 11.6 Å². The molecular formula is C16H15N3O2. The first-order valence-electron chi connectivity index (χ1n) is 6.57. The van der Waals surface area contributed by atoms with Crippen molar-refractivity contribution in [3.63, 3.8) is 0 Å². The summed E-state index contributed by atoms with van der Waals surface area (Å²) in [5.74, 6) is 1.14. The average molecular weight is 281 g/mol. The van der Waals surface area contributed by atoms with Gasteiger partial charge in [0.05, 0.1) is 24.6 Å². The third-order valence-corrected chi connectivity index (χ3v) is 3.30. The van der Waals surface area contributed by atoms with Crippen LogP contribution in [-0.4, -0.2) is 23.0 Å². The van der Waals surface area contributed by atoms with Gasteiger partial charge in [0, 0.05) is 5.56 Å². The second-order valence-electron chi connectivity index (χ2n) is 4.77. The third-order valence-electron chi connectivity index (χ3n) is 3.30. The van der Waals surface area contributed by atoms with E-state index in [0.29, 0.717) is 0 Å². The molecule has 0 aliphatic heterocycles. The number of aromatic amines is 1. The lowest BCUT2D eigenvalue weighted by Crippen LogP contribution is -2.13. The smallest absolute Gasteiger partial charge is 0.221 e. The zero-order valence-electron chi connectivity index (χ0n) is 11.6. The van der Waals surface area contributed by atoms with Crippen LogP contribution >= 0.6 is 0 Å². The molecule has 0 unspecified atom stereocenters. The van der Waals surface area contributed by atoms with Gasteiger partial charge in [0.2, 0.25) is 5.91 Å². The number of hydrogen-bond donors (Lipinski definition) is 2. The summed E-state index contributed by atoms with van der Waals surface area (Å²) >= 11 is 0. The molecule has 0 bridgehead atoms. The molecule has 5 heteroatoms. The molecule has 0 fully saturated rings. The van der Waals surface area contributed by atoms with Gasteiger partial charge in [-0.1, -0.05) is 24.3 Å². The third kappa shape index (κ3) is 2.58. The lowest BCUT2D eigenvalue weighted by atomic mass is 10.1. The number of carbonyl (C=O) groups is 1. The van der Waals surface area contributed by atoms with E-state index in [2.05, 4.69) is 9.97 Å². The lowest BCUT2D eigenvalue weighted by molar-refractivity contribution is -0.117. The molecule has 0 radical (unpaired) electrons. The topological polar surface area (TPSA) is 81.0 Å². The standard InChI is InChI=1S/C16H15N3O2/c1-21-12-6-2-5-11(8-12)16-18-13-7-3-4-10(9-14(17)20)15(13)19-16/h2-8H,9H2,1H3,(H2,17,20)(H,18,19). The van der Waals surface area contributed by atoms with Crippen LogP contribution in [0.1, 0.15) is 5.56 Å². The summed E-state index contributed by atoms with van der Waals surface area (Å²) in [6.07, 6.45) is 0.180. The molecule has 0 saturated carbocycles. The molecule has 3 rings (SSSR count). The Bertz CT molecular complexity index is 808. The highest BCUT2D eigenvalue weighted by Gasteiger charge is 2.10. The minimum absolute atomic E-state index is 0.180. The number of methoxy groups -OCH3 is 1. The monoisotopic (exact) mass is 281 g/mol. The fourth-order valence-corrected chi connectivity index (χ4v) is 2.33. The molecule has 0 spiro atoms. The Morgan fingerprint density at radius 2 is 2.10 bits per heavy atom. The van der Waals surface area contributed by atoms with Crippen molar-refractivity contribution in [3.8, 4) is 17.1 Å². The maximum Gasteiger partial charge on any atom is 0.221 e. The largest absolute Gasteiger partial charge is 0.497 e. The molecule has 0 aliphatic carbocycles. The number of primary amides is 1. The number of aromatic nitrogens is 2. The Hall–Kier alpha value is -2.82. The molecule has 0 saturated heterocycles. The molecule has 1 aromatic heterocycles. The van der Waals surface area contributed by atoms with Crippen LogP contribution in [0.25, 0.3) is 22.4 Å². The van der Waals surface area contributed by atoms with Gasteiger partial charge >= 0.3 is 0 Å². The van der Waals surface area contributed by atoms with E-state index >= 15 is 0 Å². The predicted octanol–water partition coefficient (Wildman–Crippen LogP) is 2.27. The van der Waals surface area contributed by atoms with Gasteiger partial charge in [-0.15, -0.1) is 0 Å². The van der Waals surface area contributed by atoms with Crippen molar-refractivity contribution in [2.24, 2.45) is 5.73 Å². The van der Waals surface area contributed by atoms with Crippen LogP contribution in [0.5, 0.6) is 5.75 Å². The number of nitrogens with one attached hydrogen (secondary N) is 1. The van der Waals surface area contributed by atoms with Gasteiger partial charge in [-0.2, -0.15) is 0 Å². The Labute approximate surface area is 121 Å². The number of fused-ring (bicyclic) bond motifs is 1. The Morgan fingerprint density at radius 3 is 2.86 bits per heavy atom. The molecule has 3 aromatic rings. The van der Waals surface area contributed by atoms with E-state index in [9.17, 15) is 4.79 Å². The number of amides is 1. The van der Waals surface area contributed by atoms with E-state index in [4.69, 9.17) is 10.5 Å². The summed E-state index contributed by atoms with van der Waals surface area (Å²) < 4.78 is 5.22. The lowest BCUT2D eigenvalue weighted by Gasteiger charge is -2.01. The predicted molar refractivity (Wildman–Crippen MR) is 81.0 cm³/mol. The molecule has 1 amide bonds. The minimum Gasteiger partial charge on any atom is -0.497 e. The van der Waals surface area contributed by atoms with E-state index in [1.165, 1.54) is 0 Å². The number of nitrogens with zero attached hydrogens (tertiary/aromatic N) is 1. The van der Waals surface area contributed by atoms with E-state index in [1.54, 1.807) is 7.11 Å². The maximum atomic E-state index is 11.1. The van der Waals surface area contributed by atoms with Crippen LogP contribution in [0.2, 0.25) is 0 Å². The molecule has 2 aromatic carbocycles. The average Bonchev–Trinajstić information content (AvgIpc) is 2.92. The van der Waals surface area contributed by atoms with Crippen molar-refractivity contribution in [2.75, 3.05) is 7.11 Å². The molecule has 5 nitrogen and oxygen atoms in total. The first-order valence-corrected chi connectivity index (χ1v) is 6.57. The van der Waals surface area contributed by atoms with Crippen molar-refractivity contribution in [1.29, 1.82) is 0 Å². The second kappa shape index (κ2) is 5.28. The molecular weight excluding hydrogens is 266 g/mol. The number of para-hydroxylation sites is 1. The number of hydrogen-bond acceptors (Lipinski definition) is 3. The van der Waals surface area contributed by atoms with Gasteiger partial charge in [-0.25, -0.2) is 4.98 Å². The van der Waals surface area contributed by atoms with E-state index in [0.717, 1.165) is 33.7 Å². The maximum absolute atomic E-state index is 11.1. The minimum atomic E-state index is -0.367. The summed E-state index contributed by atoms with van der Waals surface area (Å²) in [6, 6.07) is 13.3. The molecule has 3 N–H and O–H groups in total. The normalized spacial score (nSPS) is 10.7. The van der Waals surface area contributed by atoms with Crippen LogP contribution in [-0.2, 0) is 11.2 Å². The highest BCUT2D eigenvalue weighted by atomic mass is 16.5. The zero-order valence-corrected chi connectivity index (χ0v) is 11.6. The van der Waals surface area contributed by atoms with Gasteiger partial charge < -0.3 is 15.5 Å². The van der Waals surface area contributed by atoms with Gasteiger partial charge in [0.25, 0.3) is 0 Å². The van der Waals surface area contributed by atoms with Crippen LogP contribution < -0.4 is 10.5 Å². The van der Waals surface area contributed by atoms with E-state index in [1.807, 2.05) is 42.5 Å². The summed E-state index contributed by atoms with van der Waals surface area (Å²) in [6.45, 7) is 0. The van der Waals surface area contributed by atoms with Crippen molar-refractivity contribution < 1.29 is 9.53 Å². The molecule has 106 valence electrons. The zero-order chi connectivity index (χ0) is 14.8. The summed E-state index contributed by atoms with van der Waals surface area (Å²) in [5, 5.41) is 0. The number of rotatable bonds is 4. The Morgan fingerprint density at radius 1 is 1.29 bits per heavy atom. The van der Waals surface area contributed by atoms with Crippen molar-refractivity contribution in [3.05, 3.63) is 48.0 Å². The second-order valence-corrected chi connectivity index (χ2v) is 4.77. The van der Waals surface area contributed by atoms with Crippen molar-refractivity contribution in [1.82, 2.24) is 9.97 Å². The molecule has 1 heterocycles. The SMILES string of the molecule is COc1cccc(-c2nc3c(CC(N)=O)cccc3[nH]2)c1. The molecule has 0 aliphatic rings. The van der Waals surface area contributed by atoms with Crippen molar-refractivity contribution >= 4 is 16.9 Å². The number of carbonyl (C=O) groups excluding carboxylic acids is 1. The van der Waals surface area contributed by atoms with E-state index < -0.39 is 0 Å². The number of nitrogens with two attached hydrogens (primary N) is 1. The van der Waals surface area contributed by atoms with Crippen LogP contribution in [0.3, 0.4) is 0 Å². The summed E-state index contributed by atoms with van der Waals surface area (Å²) in [7, 11) is 1.63. The Balaban J connectivity index is 2.10. The fraction of sp³-hybridized carbons (Fsp3) is 0.125. The quantitative estimate of drug-likeness (QED) is 0.769. The number of imidazole rings is 1. The molecule has 0 atom stereocenters. The summed E-state index contributed by atoms with van der Waals surface area (Å²) in [5.41, 5.74) is 8.68. The van der Waals surface area contributed by atoms with Gasteiger partial charge in [-0.05, 0) is 23.8 Å². The van der Waals surface area contributed by atoms with Gasteiger partial charge in [-0.3, -0.25) is 4.79 Å². The first-order chi connectivity index (χ1) is 10.2. The van der Waals surface area contributed by atoms with Crippen LogP contribution in [0.15, 0.2) is 42.5 Å². The fourth-order valence-electron chi connectivity index (χ4n) is 2.33. The van der Waals surface area contributed by atoms with E-state index in [-0.39, 0.29) is 12.3 Å². The Kier molecular flexibility index (Phi) is 3.31. The van der Waals surface area contributed by atoms with Crippen LogP contribution in [0.4, 0.5) is 0 Å². The van der Waals surface area contributed by atoms with Crippen LogP contribution in [0, 0.1) is 0 Å². The number of H-pyrrole nitrogens is 1. The summed E-state index contributed by atoms with van der Waals surface area (Å²) in [4.78, 5) is 19.0.